The highest BCUT2D eigenvalue weighted by atomic mass is 15.2. The number of aromatic nitrogens is 2. The first kappa shape index (κ1) is 9.46. The van der Waals surface area contributed by atoms with Gasteiger partial charge < -0.3 is 5.32 Å². The van der Waals surface area contributed by atoms with Crippen LogP contribution in [0.4, 0.5) is 0 Å². The molecule has 2 heterocycles. The highest BCUT2D eigenvalue weighted by Crippen LogP contribution is 2.17. The van der Waals surface area contributed by atoms with Gasteiger partial charge in [0.25, 0.3) is 0 Å². The van der Waals surface area contributed by atoms with Crippen molar-refractivity contribution in [3.8, 4) is 0 Å². The van der Waals surface area contributed by atoms with E-state index in [1.807, 2.05) is 24.0 Å². The summed E-state index contributed by atoms with van der Waals surface area (Å²) in [7, 11) is 1.95. The van der Waals surface area contributed by atoms with Crippen molar-refractivity contribution in [2.24, 2.45) is 7.05 Å². The average molecular weight is 191 g/mol. The number of nitrogens with zero attached hydrogens (tertiary/aromatic N) is 2. The number of hydrogen-bond donors (Lipinski definition) is 1. The van der Waals surface area contributed by atoms with Gasteiger partial charge in [-0.25, -0.2) is 0 Å². The van der Waals surface area contributed by atoms with Crippen LogP contribution in [0.5, 0.6) is 0 Å². The van der Waals surface area contributed by atoms with Crippen LogP contribution in [0, 0.1) is 0 Å². The SMILES string of the molecule is CC1NCCC/C1=C\c1ccn(C)n1. The van der Waals surface area contributed by atoms with E-state index in [-0.39, 0.29) is 0 Å². The molecule has 0 aromatic carbocycles. The fourth-order valence-electron chi connectivity index (χ4n) is 1.86. The van der Waals surface area contributed by atoms with E-state index in [4.69, 9.17) is 0 Å². The van der Waals surface area contributed by atoms with Crippen LogP contribution in [0.3, 0.4) is 0 Å². The molecule has 1 aliphatic rings. The summed E-state index contributed by atoms with van der Waals surface area (Å²) in [6.45, 7) is 3.36. The third-order valence-corrected chi connectivity index (χ3v) is 2.72. The second kappa shape index (κ2) is 3.96. The van der Waals surface area contributed by atoms with Gasteiger partial charge in [0.15, 0.2) is 0 Å². The Labute approximate surface area is 84.8 Å². The largest absolute Gasteiger partial charge is 0.311 e. The van der Waals surface area contributed by atoms with E-state index in [9.17, 15) is 0 Å². The minimum atomic E-state index is 0.505. The normalized spacial score (nSPS) is 25.6. The Morgan fingerprint density at radius 2 is 2.50 bits per heavy atom. The molecule has 0 bridgehead atoms. The van der Waals surface area contributed by atoms with Gasteiger partial charge in [0.2, 0.25) is 0 Å². The highest BCUT2D eigenvalue weighted by Gasteiger charge is 2.13. The van der Waals surface area contributed by atoms with Crippen LogP contribution in [0.15, 0.2) is 17.8 Å². The number of piperidine rings is 1. The molecular formula is C11H17N3. The minimum Gasteiger partial charge on any atom is -0.311 e. The second-order valence-electron chi connectivity index (χ2n) is 3.91. The molecule has 1 aliphatic heterocycles. The summed E-state index contributed by atoms with van der Waals surface area (Å²) in [6, 6.07) is 2.56. The lowest BCUT2D eigenvalue weighted by Crippen LogP contribution is -2.33. The molecule has 3 nitrogen and oxygen atoms in total. The van der Waals surface area contributed by atoms with Crippen molar-refractivity contribution in [1.82, 2.24) is 15.1 Å². The zero-order valence-corrected chi connectivity index (χ0v) is 8.83. The Hall–Kier alpha value is -1.09. The molecule has 1 N–H and O–H groups in total. The molecule has 1 aromatic rings. The zero-order chi connectivity index (χ0) is 9.97. The molecule has 0 radical (unpaired) electrons. The average Bonchev–Trinajstić information content (AvgIpc) is 2.56. The Kier molecular flexibility index (Phi) is 2.68. The number of rotatable bonds is 1. The van der Waals surface area contributed by atoms with E-state index >= 15 is 0 Å². The van der Waals surface area contributed by atoms with Crippen molar-refractivity contribution in [3.63, 3.8) is 0 Å². The molecule has 3 heteroatoms. The topological polar surface area (TPSA) is 29.9 Å². The van der Waals surface area contributed by atoms with Crippen molar-refractivity contribution >= 4 is 6.08 Å². The number of hydrogen-bond acceptors (Lipinski definition) is 2. The van der Waals surface area contributed by atoms with Crippen molar-refractivity contribution in [2.75, 3.05) is 6.54 Å². The van der Waals surface area contributed by atoms with E-state index in [0.29, 0.717) is 6.04 Å². The molecule has 0 spiro atoms. The van der Waals surface area contributed by atoms with Gasteiger partial charge in [-0.05, 0) is 38.5 Å². The van der Waals surface area contributed by atoms with Gasteiger partial charge in [0.05, 0.1) is 5.69 Å². The first-order chi connectivity index (χ1) is 6.75. The van der Waals surface area contributed by atoms with E-state index in [1.54, 1.807) is 0 Å². The third kappa shape index (κ3) is 2.04. The summed E-state index contributed by atoms with van der Waals surface area (Å²) in [5.41, 5.74) is 2.54. The smallest absolute Gasteiger partial charge is 0.0850 e. The maximum Gasteiger partial charge on any atom is 0.0850 e. The van der Waals surface area contributed by atoms with Crippen LogP contribution in [0.2, 0.25) is 0 Å². The van der Waals surface area contributed by atoms with Crippen LogP contribution in [0.25, 0.3) is 6.08 Å². The fraction of sp³-hybridized carbons (Fsp3) is 0.545. The van der Waals surface area contributed by atoms with Gasteiger partial charge in [-0.2, -0.15) is 5.10 Å². The van der Waals surface area contributed by atoms with E-state index in [2.05, 4.69) is 23.4 Å². The molecule has 1 atom stereocenters. The summed E-state index contributed by atoms with van der Waals surface area (Å²) in [6.07, 6.45) is 6.62. The summed E-state index contributed by atoms with van der Waals surface area (Å²) >= 11 is 0. The minimum absolute atomic E-state index is 0.505. The quantitative estimate of drug-likeness (QED) is 0.730. The molecule has 0 saturated carbocycles. The van der Waals surface area contributed by atoms with Crippen LogP contribution in [-0.4, -0.2) is 22.4 Å². The van der Waals surface area contributed by atoms with Gasteiger partial charge in [0, 0.05) is 19.3 Å². The van der Waals surface area contributed by atoms with Gasteiger partial charge in [0.1, 0.15) is 0 Å². The lowest BCUT2D eigenvalue weighted by Gasteiger charge is -2.23. The molecule has 14 heavy (non-hydrogen) atoms. The molecule has 2 rings (SSSR count). The Morgan fingerprint density at radius 3 is 3.14 bits per heavy atom. The van der Waals surface area contributed by atoms with Crippen molar-refractivity contribution in [2.45, 2.75) is 25.8 Å². The summed E-state index contributed by atoms with van der Waals surface area (Å²) in [4.78, 5) is 0. The second-order valence-corrected chi connectivity index (χ2v) is 3.91. The number of nitrogens with one attached hydrogen (secondary N) is 1. The van der Waals surface area contributed by atoms with E-state index in [0.717, 1.165) is 12.2 Å². The van der Waals surface area contributed by atoms with Gasteiger partial charge in [-0.3, -0.25) is 4.68 Å². The lowest BCUT2D eigenvalue weighted by atomic mass is 9.98. The summed E-state index contributed by atoms with van der Waals surface area (Å²) < 4.78 is 1.84. The molecule has 0 amide bonds. The van der Waals surface area contributed by atoms with Crippen molar-refractivity contribution in [3.05, 3.63) is 23.5 Å². The van der Waals surface area contributed by atoms with Gasteiger partial charge in [-0.1, -0.05) is 5.57 Å². The first-order valence-corrected chi connectivity index (χ1v) is 5.19. The monoisotopic (exact) mass is 191 g/mol. The maximum absolute atomic E-state index is 4.35. The molecule has 1 saturated heterocycles. The molecule has 76 valence electrons. The molecule has 1 fully saturated rings. The molecule has 1 unspecified atom stereocenters. The van der Waals surface area contributed by atoms with Gasteiger partial charge >= 0.3 is 0 Å². The first-order valence-electron chi connectivity index (χ1n) is 5.19. The molecule has 0 aliphatic carbocycles. The standard InChI is InChI=1S/C11H17N3/c1-9-10(4-3-6-12-9)8-11-5-7-14(2)13-11/h5,7-9,12H,3-4,6H2,1-2H3/b10-8+. The maximum atomic E-state index is 4.35. The van der Waals surface area contributed by atoms with Crippen LogP contribution < -0.4 is 5.32 Å². The van der Waals surface area contributed by atoms with Crippen molar-refractivity contribution < 1.29 is 0 Å². The lowest BCUT2D eigenvalue weighted by molar-refractivity contribution is 0.520. The summed E-state index contributed by atoms with van der Waals surface area (Å²) in [5.74, 6) is 0. The van der Waals surface area contributed by atoms with Crippen LogP contribution in [-0.2, 0) is 7.05 Å². The Balaban J connectivity index is 2.16. The van der Waals surface area contributed by atoms with E-state index in [1.165, 1.54) is 18.4 Å². The van der Waals surface area contributed by atoms with Gasteiger partial charge in [-0.15, -0.1) is 0 Å². The predicted molar refractivity (Wildman–Crippen MR) is 57.9 cm³/mol. The third-order valence-electron chi connectivity index (χ3n) is 2.72. The summed E-state index contributed by atoms with van der Waals surface area (Å²) in [5, 5.41) is 7.81. The molecule has 1 aromatic heterocycles. The van der Waals surface area contributed by atoms with Crippen molar-refractivity contribution in [1.29, 1.82) is 0 Å². The fourth-order valence-corrected chi connectivity index (χ4v) is 1.86. The molecular weight excluding hydrogens is 174 g/mol. The number of aryl methyl sites for hydroxylation is 1. The zero-order valence-electron chi connectivity index (χ0n) is 8.83. The van der Waals surface area contributed by atoms with Crippen LogP contribution >= 0.6 is 0 Å². The predicted octanol–water partition coefficient (Wildman–Crippen LogP) is 1.58. The van der Waals surface area contributed by atoms with E-state index < -0.39 is 0 Å². The van der Waals surface area contributed by atoms with Crippen LogP contribution in [0.1, 0.15) is 25.5 Å². The Morgan fingerprint density at radius 1 is 1.64 bits per heavy atom. The Bertz CT molecular complexity index is 338. The highest BCUT2D eigenvalue weighted by molar-refractivity contribution is 5.50.